The van der Waals surface area contributed by atoms with Crippen LogP contribution < -0.4 is 5.32 Å². The smallest absolute Gasteiger partial charge is 0.335 e. The van der Waals surface area contributed by atoms with Gasteiger partial charge in [-0.25, -0.2) is 4.79 Å². The molecule has 1 aromatic rings. The summed E-state index contributed by atoms with van der Waals surface area (Å²) < 4.78 is 0. The Labute approximate surface area is 94.9 Å². The predicted molar refractivity (Wildman–Crippen MR) is 62.2 cm³/mol. The Kier molecular flexibility index (Phi) is 3.58. The molecule has 4 heteroatoms. The second kappa shape index (κ2) is 4.53. The highest BCUT2D eigenvalue weighted by Crippen LogP contribution is 2.27. The number of hydrogen-bond donors (Lipinski definition) is 2. The van der Waals surface area contributed by atoms with Crippen LogP contribution >= 0.6 is 12.4 Å². The highest BCUT2D eigenvalue weighted by molar-refractivity contribution is 5.89. The standard InChI is InChI=1S/C11H13NO2.ClH/c1-7-5-9(11(13)14)6-8-3-2-4-12-10(7)8;/h5-6,12H,2-4H2,1H3,(H,13,14);1H. The van der Waals surface area contributed by atoms with Crippen molar-refractivity contribution in [3.8, 4) is 0 Å². The fourth-order valence-corrected chi connectivity index (χ4v) is 1.93. The molecule has 3 nitrogen and oxygen atoms in total. The number of aromatic carboxylic acids is 1. The third-order valence-corrected chi connectivity index (χ3v) is 2.59. The Bertz CT molecular complexity index is 390. The lowest BCUT2D eigenvalue weighted by Crippen LogP contribution is -2.14. The second-order valence-electron chi connectivity index (χ2n) is 3.66. The summed E-state index contributed by atoms with van der Waals surface area (Å²) in [4.78, 5) is 10.8. The number of halogens is 1. The van der Waals surface area contributed by atoms with E-state index >= 15 is 0 Å². The van der Waals surface area contributed by atoms with E-state index in [1.807, 2.05) is 6.92 Å². The van der Waals surface area contributed by atoms with Crippen molar-refractivity contribution in [1.29, 1.82) is 0 Å². The molecule has 2 rings (SSSR count). The maximum Gasteiger partial charge on any atom is 0.335 e. The van der Waals surface area contributed by atoms with Crippen molar-refractivity contribution in [3.05, 3.63) is 28.8 Å². The molecule has 1 heterocycles. The van der Waals surface area contributed by atoms with Crippen LogP contribution in [0.15, 0.2) is 12.1 Å². The van der Waals surface area contributed by atoms with Crippen LogP contribution in [0.3, 0.4) is 0 Å². The first-order valence-corrected chi connectivity index (χ1v) is 4.79. The van der Waals surface area contributed by atoms with E-state index in [1.54, 1.807) is 12.1 Å². The zero-order valence-corrected chi connectivity index (χ0v) is 9.36. The Morgan fingerprint density at radius 2 is 2.20 bits per heavy atom. The largest absolute Gasteiger partial charge is 0.478 e. The number of rotatable bonds is 1. The van der Waals surface area contributed by atoms with Crippen LogP contribution in [0.25, 0.3) is 0 Å². The van der Waals surface area contributed by atoms with E-state index in [0.717, 1.165) is 36.2 Å². The van der Waals surface area contributed by atoms with Crippen molar-refractivity contribution in [1.82, 2.24) is 0 Å². The highest BCUT2D eigenvalue weighted by atomic mass is 35.5. The van der Waals surface area contributed by atoms with Crippen LogP contribution in [0.2, 0.25) is 0 Å². The Balaban J connectivity index is 0.00000112. The van der Waals surface area contributed by atoms with Crippen molar-refractivity contribution < 1.29 is 9.90 Å². The number of fused-ring (bicyclic) bond motifs is 1. The van der Waals surface area contributed by atoms with Gasteiger partial charge >= 0.3 is 5.97 Å². The van der Waals surface area contributed by atoms with E-state index in [2.05, 4.69) is 5.32 Å². The summed E-state index contributed by atoms with van der Waals surface area (Å²) in [6, 6.07) is 3.50. The van der Waals surface area contributed by atoms with Crippen molar-refractivity contribution in [3.63, 3.8) is 0 Å². The molecule has 15 heavy (non-hydrogen) atoms. The summed E-state index contributed by atoms with van der Waals surface area (Å²) in [5, 5.41) is 12.2. The number of nitrogens with one attached hydrogen (secondary N) is 1. The van der Waals surface area contributed by atoms with Crippen LogP contribution in [-0.2, 0) is 6.42 Å². The van der Waals surface area contributed by atoms with Crippen molar-refractivity contribution in [2.45, 2.75) is 19.8 Å². The first-order chi connectivity index (χ1) is 6.68. The molecule has 0 fully saturated rings. The summed E-state index contributed by atoms with van der Waals surface area (Å²) in [6.07, 6.45) is 2.06. The predicted octanol–water partition coefficient (Wildman–Crippen LogP) is 2.47. The number of benzene rings is 1. The maximum atomic E-state index is 10.8. The van der Waals surface area contributed by atoms with Gasteiger partial charge in [0.1, 0.15) is 0 Å². The molecule has 2 N–H and O–H groups in total. The summed E-state index contributed by atoms with van der Waals surface area (Å²) in [6.45, 7) is 2.93. The number of carbonyl (C=O) groups is 1. The molecule has 0 saturated heterocycles. The SMILES string of the molecule is Cc1cc(C(=O)O)cc2c1NCCC2.Cl. The molecular formula is C11H14ClNO2. The Morgan fingerprint density at radius 3 is 2.87 bits per heavy atom. The number of aryl methyl sites for hydroxylation is 2. The zero-order valence-electron chi connectivity index (χ0n) is 8.54. The quantitative estimate of drug-likeness (QED) is 0.775. The molecular weight excluding hydrogens is 214 g/mol. The van der Waals surface area contributed by atoms with E-state index in [4.69, 9.17) is 5.11 Å². The van der Waals surface area contributed by atoms with Gasteiger partial charge in [0.25, 0.3) is 0 Å². The molecule has 0 atom stereocenters. The summed E-state index contributed by atoms with van der Waals surface area (Å²) in [5.41, 5.74) is 3.68. The van der Waals surface area contributed by atoms with Gasteiger partial charge in [0.05, 0.1) is 5.56 Å². The molecule has 1 aliphatic heterocycles. The minimum atomic E-state index is -0.846. The van der Waals surface area contributed by atoms with Gasteiger partial charge in [0.15, 0.2) is 0 Å². The Morgan fingerprint density at radius 1 is 1.47 bits per heavy atom. The van der Waals surface area contributed by atoms with Crippen molar-refractivity contribution in [2.24, 2.45) is 0 Å². The van der Waals surface area contributed by atoms with Crippen LogP contribution in [-0.4, -0.2) is 17.6 Å². The van der Waals surface area contributed by atoms with Gasteiger partial charge < -0.3 is 10.4 Å². The third-order valence-electron chi connectivity index (χ3n) is 2.59. The number of hydrogen-bond acceptors (Lipinski definition) is 2. The molecule has 1 aromatic carbocycles. The van der Waals surface area contributed by atoms with Crippen molar-refractivity contribution >= 4 is 24.1 Å². The first-order valence-electron chi connectivity index (χ1n) is 4.79. The van der Waals surface area contributed by atoms with Gasteiger partial charge in [0.2, 0.25) is 0 Å². The normalized spacial score (nSPS) is 13.4. The van der Waals surface area contributed by atoms with E-state index in [0.29, 0.717) is 5.56 Å². The average Bonchev–Trinajstić information content (AvgIpc) is 2.17. The van der Waals surface area contributed by atoms with E-state index < -0.39 is 5.97 Å². The number of carboxylic acids is 1. The topological polar surface area (TPSA) is 49.3 Å². The zero-order chi connectivity index (χ0) is 10.1. The fourth-order valence-electron chi connectivity index (χ4n) is 1.93. The monoisotopic (exact) mass is 227 g/mol. The summed E-state index contributed by atoms with van der Waals surface area (Å²) in [7, 11) is 0. The van der Waals surface area contributed by atoms with Crippen LogP contribution in [0.5, 0.6) is 0 Å². The first kappa shape index (κ1) is 11.9. The van der Waals surface area contributed by atoms with Crippen LogP contribution in [0.4, 0.5) is 5.69 Å². The molecule has 0 aliphatic carbocycles. The van der Waals surface area contributed by atoms with Gasteiger partial charge in [-0.1, -0.05) is 0 Å². The maximum absolute atomic E-state index is 10.8. The molecule has 0 saturated carbocycles. The molecule has 0 bridgehead atoms. The molecule has 1 aliphatic rings. The summed E-state index contributed by atoms with van der Waals surface area (Å²) in [5.74, 6) is -0.846. The minimum Gasteiger partial charge on any atom is -0.478 e. The fraction of sp³-hybridized carbons (Fsp3) is 0.364. The third kappa shape index (κ3) is 2.23. The Hall–Kier alpha value is -1.22. The number of carboxylic acid groups (broad SMARTS) is 1. The van der Waals surface area contributed by atoms with Gasteiger partial charge in [-0.05, 0) is 43.0 Å². The molecule has 0 unspecified atom stereocenters. The lowest BCUT2D eigenvalue weighted by Gasteiger charge is -2.20. The second-order valence-corrected chi connectivity index (χ2v) is 3.66. The van der Waals surface area contributed by atoms with E-state index in [9.17, 15) is 4.79 Å². The summed E-state index contributed by atoms with van der Waals surface area (Å²) >= 11 is 0. The van der Waals surface area contributed by atoms with Gasteiger partial charge in [0, 0.05) is 12.2 Å². The lowest BCUT2D eigenvalue weighted by molar-refractivity contribution is 0.0696. The lowest BCUT2D eigenvalue weighted by atomic mass is 9.97. The van der Waals surface area contributed by atoms with Crippen molar-refractivity contribution in [2.75, 3.05) is 11.9 Å². The van der Waals surface area contributed by atoms with Gasteiger partial charge in [-0.3, -0.25) is 0 Å². The van der Waals surface area contributed by atoms with Crippen LogP contribution in [0, 0.1) is 6.92 Å². The molecule has 0 aromatic heterocycles. The molecule has 0 radical (unpaired) electrons. The minimum absolute atomic E-state index is 0. The molecule has 0 amide bonds. The molecule has 82 valence electrons. The highest BCUT2D eigenvalue weighted by Gasteiger charge is 2.14. The van der Waals surface area contributed by atoms with Gasteiger partial charge in [-0.15, -0.1) is 12.4 Å². The van der Waals surface area contributed by atoms with E-state index in [-0.39, 0.29) is 12.4 Å². The van der Waals surface area contributed by atoms with E-state index in [1.165, 1.54) is 0 Å². The number of anilines is 1. The van der Waals surface area contributed by atoms with Gasteiger partial charge in [-0.2, -0.15) is 0 Å². The molecule has 0 spiro atoms. The average molecular weight is 228 g/mol. The van der Waals surface area contributed by atoms with Crippen LogP contribution in [0.1, 0.15) is 27.9 Å².